The van der Waals surface area contributed by atoms with Gasteiger partial charge < -0.3 is 4.57 Å². The summed E-state index contributed by atoms with van der Waals surface area (Å²) in [6.07, 6.45) is 6.56. The third-order valence-corrected chi connectivity index (χ3v) is 3.97. The quantitative estimate of drug-likeness (QED) is 0.592. The van der Waals surface area contributed by atoms with E-state index >= 15 is 0 Å². The largest absolute Gasteiger partial charge is 0.335 e. The van der Waals surface area contributed by atoms with Gasteiger partial charge in [0.15, 0.2) is 0 Å². The molecule has 2 aromatic heterocycles. The number of aryl methyl sites for hydroxylation is 2. The molecule has 0 saturated heterocycles. The average molecular weight is 280 g/mol. The summed E-state index contributed by atoms with van der Waals surface area (Å²) in [6.45, 7) is 5.21. The maximum atomic E-state index is 5.69. The molecule has 6 nitrogen and oxygen atoms in total. The van der Waals surface area contributed by atoms with Crippen molar-refractivity contribution in [1.29, 1.82) is 0 Å². The van der Waals surface area contributed by atoms with Crippen molar-refractivity contribution >= 4 is 11.5 Å². The lowest BCUT2D eigenvalue weighted by molar-refractivity contribution is 0.520. The number of rotatable bonds is 7. The lowest BCUT2D eigenvalue weighted by Crippen LogP contribution is -2.30. The van der Waals surface area contributed by atoms with Crippen LogP contribution in [0.1, 0.15) is 42.7 Å². The monoisotopic (exact) mass is 280 g/mol. The highest BCUT2D eigenvalue weighted by Gasteiger charge is 2.19. The van der Waals surface area contributed by atoms with E-state index in [9.17, 15) is 0 Å². The van der Waals surface area contributed by atoms with Crippen molar-refractivity contribution in [3.05, 3.63) is 28.8 Å². The van der Waals surface area contributed by atoms with Gasteiger partial charge in [-0.25, -0.2) is 4.98 Å². The van der Waals surface area contributed by atoms with E-state index in [4.69, 9.17) is 5.84 Å². The molecule has 2 heterocycles. The fraction of sp³-hybridized carbons (Fsp3) is 0.583. The third-order valence-electron chi connectivity index (χ3n) is 3.09. The minimum Gasteiger partial charge on any atom is -0.335 e. The third kappa shape index (κ3) is 3.17. The molecule has 0 aliphatic carbocycles. The second kappa shape index (κ2) is 6.74. The number of nitrogens with zero attached hydrogens (tertiary/aromatic N) is 4. The van der Waals surface area contributed by atoms with Gasteiger partial charge in [0.05, 0.1) is 16.6 Å². The zero-order valence-electron chi connectivity index (χ0n) is 11.3. The molecular formula is C12H20N6S. The van der Waals surface area contributed by atoms with Crippen LogP contribution in [0.3, 0.4) is 0 Å². The first-order chi connectivity index (χ1) is 9.30. The maximum Gasteiger partial charge on any atom is 0.110 e. The van der Waals surface area contributed by atoms with Gasteiger partial charge >= 0.3 is 0 Å². The highest BCUT2D eigenvalue weighted by Crippen LogP contribution is 2.23. The van der Waals surface area contributed by atoms with Crippen molar-refractivity contribution in [3.63, 3.8) is 0 Å². The zero-order chi connectivity index (χ0) is 13.7. The second-order valence-corrected chi connectivity index (χ2v) is 5.18. The lowest BCUT2D eigenvalue weighted by Gasteiger charge is -2.15. The van der Waals surface area contributed by atoms with Gasteiger partial charge in [0.2, 0.25) is 0 Å². The molecule has 3 N–H and O–H groups in total. The van der Waals surface area contributed by atoms with Crippen LogP contribution < -0.4 is 11.3 Å². The summed E-state index contributed by atoms with van der Waals surface area (Å²) in [5.74, 6) is 6.73. The summed E-state index contributed by atoms with van der Waals surface area (Å²) in [5.41, 5.74) is 3.88. The maximum absolute atomic E-state index is 5.69. The van der Waals surface area contributed by atoms with Crippen molar-refractivity contribution in [1.82, 2.24) is 24.6 Å². The van der Waals surface area contributed by atoms with Crippen LogP contribution in [0, 0.1) is 0 Å². The number of nitrogens with two attached hydrogens (primary N) is 1. The molecular weight excluding hydrogens is 260 g/mol. The van der Waals surface area contributed by atoms with Crippen LogP contribution in [-0.4, -0.2) is 19.1 Å². The van der Waals surface area contributed by atoms with Crippen molar-refractivity contribution in [2.75, 3.05) is 0 Å². The Morgan fingerprint density at radius 1 is 1.47 bits per heavy atom. The Hall–Kier alpha value is -1.31. The van der Waals surface area contributed by atoms with Crippen molar-refractivity contribution in [3.8, 4) is 0 Å². The topological polar surface area (TPSA) is 81.7 Å². The summed E-state index contributed by atoms with van der Waals surface area (Å²) in [4.78, 5) is 5.53. The molecule has 0 aliphatic heterocycles. The molecule has 0 spiro atoms. The highest BCUT2D eigenvalue weighted by atomic mass is 32.1. The van der Waals surface area contributed by atoms with E-state index in [1.165, 1.54) is 11.5 Å². The predicted octanol–water partition coefficient (Wildman–Crippen LogP) is 1.45. The molecule has 2 rings (SSSR count). The minimum absolute atomic E-state index is 0.0213. The first kappa shape index (κ1) is 14.1. The van der Waals surface area contributed by atoms with E-state index in [2.05, 4.69) is 38.4 Å². The summed E-state index contributed by atoms with van der Waals surface area (Å²) in [5, 5.41) is 4.14. The minimum atomic E-state index is 0.0213. The van der Waals surface area contributed by atoms with Crippen LogP contribution >= 0.6 is 11.5 Å². The van der Waals surface area contributed by atoms with Crippen LogP contribution in [0.5, 0.6) is 0 Å². The Labute approximate surface area is 117 Å². The molecule has 0 fully saturated rings. The molecule has 0 bridgehead atoms. The number of hydrogen-bond donors (Lipinski definition) is 2. The molecule has 0 aromatic carbocycles. The van der Waals surface area contributed by atoms with E-state index in [1.807, 2.05) is 12.4 Å². The van der Waals surface area contributed by atoms with Gasteiger partial charge in [-0.05, 0) is 24.4 Å². The Morgan fingerprint density at radius 2 is 2.32 bits per heavy atom. The van der Waals surface area contributed by atoms with Gasteiger partial charge in [-0.15, -0.1) is 5.10 Å². The summed E-state index contributed by atoms with van der Waals surface area (Å²) in [7, 11) is 0. The number of aromatic nitrogens is 4. The molecule has 19 heavy (non-hydrogen) atoms. The first-order valence-corrected chi connectivity index (χ1v) is 7.34. The van der Waals surface area contributed by atoms with Gasteiger partial charge in [0, 0.05) is 25.4 Å². The Bertz CT molecular complexity index is 506. The van der Waals surface area contributed by atoms with Crippen molar-refractivity contribution in [2.24, 2.45) is 5.84 Å². The standard InChI is InChI=1S/C12H20N6S/c1-3-6-18-7-5-14-11(18)8-10(15-13)12-9(4-2)16-17-19-12/h5,7,10,15H,3-4,6,8,13H2,1-2H3. The molecule has 0 saturated carbocycles. The van der Waals surface area contributed by atoms with Gasteiger partial charge in [-0.2, -0.15) is 0 Å². The molecule has 2 aromatic rings. The lowest BCUT2D eigenvalue weighted by atomic mass is 10.1. The van der Waals surface area contributed by atoms with E-state index in [1.54, 1.807) is 0 Å². The predicted molar refractivity (Wildman–Crippen MR) is 75.6 cm³/mol. The van der Waals surface area contributed by atoms with Crippen molar-refractivity contribution in [2.45, 2.75) is 45.7 Å². The van der Waals surface area contributed by atoms with Crippen LogP contribution in [0.15, 0.2) is 12.4 Å². The summed E-state index contributed by atoms with van der Waals surface area (Å²) >= 11 is 1.41. The fourth-order valence-corrected chi connectivity index (χ4v) is 2.91. The Kier molecular flexibility index (Phi) is 5.00. The number of nitrogens with one attached hydrogen (secondary N) is 1. The van der Waals surface area contributed by atoms with E-state index in [-0.39, 0.29) is 6.04 Å². The second-order valence-electron chi connectivity index (χ2n) is 4.40. The van der Waals surface area contributed by atoms with E-state index in [0.29, 0.717) is 0 Å². The van der Waals surface area contributed by atoms with Gasteiger partial charge in [0.1, 0.15) is 5.82 Å². The number of hydrazine groups is 1. The molecule has 104 valence electrons. The normalized spacial score (nSPS) is 12.8. The fourth-order valence-electron chi connectivity index (χ4n) is 2.11. The SMILES string of the molecule is CCCn1ccnc1CC(NN)c1snnc1CC. The van der Waals surface area contributed by atoms with E-state index in [0.717, 1.165) is 42.2 Å². The van der Waals surface area contributed by atoms with Crippen molar-refractivity contribution < 1.29 is 0 Å². The van der Waals surface area contributed by atoms with Gasteiger partial charge in [0.25, 0.3) is 0 Å². The number of imidazole rings is 1. The van der Waals surface area contributed by atoms with Crippen LogP contribution in [0.2, 0.25) is 0 Å². The Balaban J connectivity index is 2.17. The summed E-state index contributed by atoms with van der Waals surface area (Å²) < 4.78 is 6.19. The molecule has 0 amide bonds. The molecule has 7 heteroatoms. The van der Waals surface area contributed by atoms with Gasteiger partial charge in [-0.3, -0.25) is 11.3 Å². The smallest absolute Gasteiger partial charge is 0.110 e. The molecule has 0 radical (unpaired) electrons. The Morgan fingerprint density at radius 3 is 3.00 bits per heavy atom. The first-order valence-electron chi connectivity index (χ1n) is 6.57. The number of hydrogen-bond acceptors (Lipinski definition) is 6. The van der Waals surface area contributed by atoms with E-state index < -0.39 is 0 Å². The molecule has 0 aliphatic rings. The van der Waals surface area contributed by atoms with Crippen LogP contribution in [0.4, 0.5) is 0 Å². The van der Waals surface area contributed by atoms with Gasteiger partial charge in [-0.1, -0.05) is 18.3 Å². The van der Waals surface area contributed by atoms with Crippen LogP contribution in [0.25, 0.3) is 0 Å². The zero-order valence-corrected chi connectivity index (χ0v) is 12.2. The highest BCUT2D eigenvalue weighted by molar-refractivity contribution is 7.05. The average Bonchev–Trinajstić information content (AvgIpc) is 3.05. The molecule has 1 atom stereocenters. The molecule has 1 unspecified atom stereocenters. The summed E-state index contributed by atoms with van der Waals surface area (Å²) in [6, 6.07) is 0.0213. The van der Waals surface area contributed by atoms with Crippen LogP contribution in [-0.2, 0) is 19.4 Å².